The number of aryl methyl sites for hydroxylation is 1. The largest absolute Gasteiger partial charge is 0.396 e. The fourth-order valence-corrected chi connectivity index (χ4v) is 2.25. The van der Waals surface area contributed by atoms with E-state index in [1.165, 1.54) is 0 Å². The van der Waals surface area contributed by atoms with Crippen molar-refractivity contribution in [3.8, 4) is 0 Å². The molecule has 1 aromatic rings. The van der Waals surface area contributed by atoms with Gasteiger partial charge >= 0.3 is 0 Å². The van der Waals surface area contributed by atoms with Gasteiger partial charge in [-0.05, 0) is 37.3 Å². The van der Waals surface area contributed by atoms with E-state index < -0.39 is 0 Å². The Bertz CT molecular complexity index is 406. The molecule has 4 nitrogen and oxygen atoms in total. The van der Waals surface area contributed by atoms with Gasteiger partial charge in [0.15, 0.2) is 6.29 Å². The van der Waals surface area contributed by atoms with Crippen molar-refractivity contribution >= 4 is 12.1 Å². The highest BCUT2D eigenvalue weighted by Crippen LogP contribution is 2.22. The Hall–Kier alpha value is -1.42. The lowest BCUT2D eigenvalue weighted by atomic mass is 9.99. The molecule has 2 heterocycles. The summed E-state index contributed by atoms with van der Waals surface area (Å²) in [5.41, 5.74) is 1.41. The van der Waals surface area contributed by atoms with Gasteiger partial charge in [0.25, 0.3) is 0 Å². The van der Waals surface area contributed by atoms with Crippen LogP contribution in [0.25, 0.3) is 0 Å². The maximum absolute atomic E-state index is 10.9. The standard InChI is InChI=1S/C13H18N2O2/c1-10-4-5-13(14-12(10)9-17)15-6-2-3-11(7-15)8-16/h4-5,9,11,16H,2-3,6-8H2,1H3. The minimum Gasteiger partial charge on any atom is -0.396 e. The molecule has 1 aliphatic heterocycles. The molecule has 0 spiro atoms. The molecule has 2 rings (SSSR count). The Morgan fingerprint density at radius 3 is 3.12 bits per heavy atom. The average Bonchev–Trinajstić information content (AvgIpc) is 2.39. The van der Waals surface area contributed by atoms with Gasteiger partial charge in [0.2, 0.25) is 0 Å². The Kier molecular flexibility index (Phi) is 3.74. The summed E-state index contributed by atoms with van der Waals surface area (Å²) < 4.78 is 0. The number of hydrogen-bond donors (Lipinski definition) is 1. The van der Waals surface area contributed by atoms with Crippen molar-refractivity contribution in [2.75, 3.05) is 24.6 Å². The maximum atomic E-state index is 10.9. The molecule has 17 heavy (non-hydrogen) atoms. The minimum atomic E-state index is 0.225. The summed E-state index contributed by atoms with van der Waals surface area (Å²) in [4.78, 5) is 17.4. The summed E-state index contributed by atoms with van der Waals surface area (Å²) in [5.74, 6) is 1.17. The fraction of sp³-hybridized carbons (Fsp3) is 0.538. The number of aldehydes is 1. The van der Waals surface area contributed by atoms with E-state index in [1.807, 2.05) is 19.1 Å². The summed E-state index contributed by atoms with van der Waals surface area (Å²) in [6.45, 7) is 3.88. The van der Waals surface area contributed by atoms with Crippen LogP contribution in [-0.4, -0.2) is 36.1 Å². The van der Waals surface area contributed by atoms with Gasteiger partial charge in [0.1, 0.15) is 11.5 Å². The smallest absolute Gasteiger partial charge is 0.168 e. The predicted molar refractivity (Wildman–Crippen MR) is 66.4 cm³/mol. The third-order valence-corrected chi connectivity index (χ3v) is 3.33. The number of hydrogen-bond acceptors (Lipinski definition) is 4. The minimum absolute atomic E-state index is 0.225. The quantitative estimate of drug-likeness (QED) is 0.803. The second-order valence-corrected chi connectivity index (χ2v) is 4.63. The first kappa shape index (κ1) is 12.0. The molecule has 1 saturated heterocycles. The van der Waals surface area contributed by atoms with Crippen molar-refractivity contribution in [2.45, 2.75) is 19.8 Å². The van der Waals surface area contributed by atoms with Gasteiger partial charge < -0.3 is 10.0 Å². The van der Waals surface area contributed by atoms with Crippen molar-refractivity contribution < 1.29 is 9.90 Å². The molecule has 1 atom stereocenters. The Morgan fingerprint density at radius 1 is 1.59 bits per heavy atom. The molecule has 1 fully saturated rings. The van der Waals surface area contributed by atoms with E-state index in [1.54, 1.807) is 0 Å². The monoisotopic (exact) mass is 234 g/mol. The first-order chi connectivity index (χ1) is 8.24. The third-order valence-electron chi connectivity index (χ3n) is 3.33. The van der Waals surface area contributed by atoms with Crippen molar-refractivity contribution in [1.29, 1.82) is 0 Å². The second kappa shape index (κ2) is 5.27. The SMILES string of the molecule is Cc1ccc(N2CCCC(CO)C2)nc1C=O. The molecule has 0 radical (unpaired) electrons. The zero-order chi connectivity index (χ0) is 12.3. The van der Waals surface area contributed by atoms with Gasteiger partial charge in [0.05, 0.1) is 0 Å². The normalized spacial score (nSPS) is 20.4. The van der Waals surface area contributed by atoms with E-state index >= 15 is 0 Å². The van der Waals surface area contributed by atoms with E-state index in [4.69, 9.17) is 0 Å². The molecule has 0 saturated carbocycles. The number of rotatable bonds is 3. The van der Waals surface area contributed by atoms with Crippen LogP contribution in [0.4, 0.5) is 5.82 Å². The molecule has 1 unspecified atom stereocenters. The van der Waals surface area contributed by atoms with Crippen LogP contribution in [0.1, 0.15) is 28.9 Å². The van der Waals surface area contributed by atoms with E-state index in [0.717, 1.165) is 43.6 Å². The highest BCUT2D eigenvalue weighted by atomic mass is 16.3. The molecule has 0 bridgehead atoms. The third kappa shape index (κ3) is 2.64. The second-order valence-electron chi connectivity index (χ2n) is 4.63. The van der Waals surface area contributed by atoms with E-state index in [-0.39, 0.29) is 6.61 Å². The molecule has 0 aliphatic carbocycles. The number of anilines is 1. The Balaban J connectivity index is 2.18. The van der Waals surface area contributed by atoms with Crippen LogP contribution < -0.4 is 4.90 Å². The number of piperidine rings is 1. The van der Waals surface area contributed by atoms with Crippen LogP contribution >= 0.6 is 0 Å². The summed E-state index contributed by atoms with van der Waals surface area (Å²) in [6, 6.07) is 3.87. The molecule has 92 valence electrons. The number of carbonyl (C=O) groups excluding carboxylic acids is 1. The maximum Gasteiger partial charge on any atom is 0.168 e. The molecule has 4 heteroatoms. The molecular weight excluding hydrogens is 216 g/mol. The summed E-state index contributed by atoms with van der Waals surface area (Å²) in [7, 11) is 0. The van der Waals surface area contributed by atoms with E-state index in [2.05, 4.69) is 9.88 Å². The molecule has 1 N–H and O–H groups in total. The molecular formula is C13H18N2O2. The van der Waals surface area contributed by atoms with Crippen LogP contribution in [0, 0.1) is 12.8 Å². The average molecular weight is 234 g/mol. The first-order valence-corrected chi connectivity index (χ1v) is 6.03. The molecule has 1 aromatic heterocycles. The van der Waals surface area contributed by atoms with Crippen LogP contribution in [0.3, 0.4) is 0 Å². The summed E-state index contributed by atoms with van der Waals surface area (Å²) in [6.07, 6.45) is 2.93. The summed E-state index contributed by atoms with van der Waals surface area (Å²) >= 11 is 0. The van der Waals surface area contributed by atoms with Gasteiger partial charge in [0, 0.05) is 19.7 Å². The fourth-order valence-electron chi connectivity index (χ4n) is 2.25. The lowest BCUT2D eigenvalue weighted by Crippen LogP contribution is -2.37. The van der Waals surface area contributed by atoms with Crippen molar-refractivity contribution in [1.82, 2.24) is 4.98 Å². The number of pyridine rings is 1. The Labute approximate surface area is 101 Å². The van der Waals surface area contributed by atoms with E-state index in [9.17, 15) is 9.90 Å². The van der Waals surface area contributed by atoms with Gasteiger partial charge in [-0.25, -0.2) is 4.98 Å². The highest BCUT2D eigenvalue weighted by Gasteiger charge is 2.20. The number of aromatic nitrogens is 1. The van der Waals surface area contributed by atoms with Gasteiger partial charge in [-0.2, -0.15) is 0 Å². The predicted octanol–water partition coefficient (Wildman–Crippen LogP) is 1.41. The highest BCUT2D eigenvalue weighted by molar-refractivity contribution is 5.75. The molecule has 1 aliphatic rings. The lowest BCUT2D eigenvalue weighted by molar-refractivity contribution is 0.111. The number of nitrogens with zero attached hydrogens (tertiary/aromatic N) is 2. The van der Waals surface area contributed by atoms with Crippen LogP contribution in [0.2, 0.25) is 0 Å². The zero-order valence-corrected chi connectivity index (χ0v) is 10.1. The van der Waals surface area contributed by atoms with Crippen molar-refractivity contribution in [3.63, 3.8) is 0 Å². The van der Waals surface area contributed by atoms with Gasteiger partial charge in [-0.15, -0.1) is 0 Å². The van der Waals surface area contributed by atoms with E-state index in [0.29, 0.717) is 11.6 Å². The topological polar surface area (TPSA) is 53.4 Å². The van der Waals surface area contributed by atoms with Crippen molar-refractivity contribution in [2.24, 2.45) is 5.92 Å². The summed E-state index contributed by atoms with van der Waals surface area (Å²) in [5, 5.41) is 9.20. The lowest BCUT2D eigenvalue weighted by Gasteiger charge is -2.32. The van der Waals surface area contributed by atoms with Crippen LogP contribution in [-0.2, 0) is 0 Å². The van der Waals surface area contributed by atoms with Gasteiger partial charge in [-0.1, -0.05) is 6.07 Å². The molecule has 0 amide bonds. The van der Waals surface area contributed by atoms with Crippen molar-refractivity contribution in [3.05, 3.63) is 23.4 Å². The zero-order valence-electron chi connectivity index (χ0n) is 10.1. The first-order valence-electron chi connectivity index (χ1n) is 6.03. The van der Waals surface area contributed by atoms with Gasteiger partial charge in [-0.3, -0.25) is 4.79 Å². The number of aliphatic hydroxyl groups is 1. The number of carbonyl (C=O) groups is 1. The Morgan fingerprint density at radius 2 is 2.41 bits per heavy atom. The molecule has 0 aromatic carbocycles. The number of aliphatic hydroxyl groups excluding tert-OH is 1. The van der Waals surface area contributed by atoms with Crippen LogP contribution in [0.5, 0.6) is 0 Å². The van der Waals surface area contributed by atoms with Crippen LogP contribution in [0.15, 0.2) is 12.1 Å².